The summed E-state index contributed by atoms with van der Waals surface area (Å²) in [6.45, 7) is 5.08. The second-order valence-electron chi connectivity index (χ2n) is 5.94. The first-order chi connectivity index (χ1) is 11.6. The third-order valence-electron chi connectivity index (χ3n) is 3.74. The molecule has 5 nitrogen and oxygen atoms in total. The zero-order valence-corrected chi connectivity index (χ0v) is 14.2. The van der Waals surface area contributed by atoms with Crippen molar-refractivity contribution in [1.29, 1.82) is 0 Å². The van der Waals surface area contributed by atoms with E-state index in [1.807, 2.05) is 49.1 Å². The van der Waals surface area contributed by atoms with Gasteiger partial charge in [-0.1, -0.05) is 30.3 Å². The average Bonchev–Trinajstić information content (AvgIpc) is 3.11. The lowest BCUT2D eigenvalue weighted by Crippen LogP contribution is -2.36. The molecule has 0 aliphatic heterocycles. The highest BCUT2D eigenvalue weighted by Gasteiger charge is 2.17. The molecule has 2 aromatic rings. The Morgan fingerprint density at radius 3 is 2.50 bits per heavy atom. The number of rotatable bonds is 8. The second-order valence-corrected chi connectivity index (χ2v) is 5.94. The topological polar surface area (TPSA) is 62.6 Å². The van der Waals surface area contributed by atoms with Crippen LogP contribution >= 0.6 is 0 Å². The number of hydrogen-bond acceptors (Lipinski definition) is 3. The monoisotopic (exact) mass is 328 g/mol. The van der Waals surface area contributed by atoms with E-state index in [4.69, 9.17) is 4.42 Å². The molecule has 5 heteroatoms. The fourth-order valence-electron chi connectivity index (χ4n) is 2.42. The Morgan fingerprint density at radius 1 is 1.12 bits per heavy atom. The number of carbonyl (C=O) groups is 2. The summed E-state index contributed by atoms with van der Waals surface area (Å²) in [6, 6.07) is 13.4. The van der Waals surface area contributed by atoms with Crippen LogP contribution in [0.1, 0.15) is 42.8 Å². The molecule has 0 unspecified atom stereocenters. The molecule has 1 aromatic heterocycles. The summed E-state index contributed by atoms with van der Waals surface area (Å²) in [4.78, 5) is 26.1. The largest absolute Gasteiger partial charge is 0.459 e. The number of nitrogens with zero attached hydrogens (tertiary/aromatic N) is 1. The predicted octanol–water partition coefficient (Wildman–Crippen LogP) is 3.23. The molecule has 2 amide bonds. The summed E-state index contributed by atoms with van der Waals surface area (Å²) >= 11 is 0. The van der Waals surface area contributed by atoms with E-state index in [0.717, 1.165) is 5.56 Å². The van der Waals surface area contributed by atoms with Crippen molar-refractivity contribution in [3.05, 3.63) is 60.1 Å². The minimum atomic E-state index is -0.252. The molecule has 1 aromatic carbocycles. The zero-order valence-electron chi connectivity index (χ0n) is 14.2. The molecule has 1 N–H and O–H groups in total. The summed E-state index contributed by atoms with van der Waals surface area (Å²) in [7, 11) is 0. The Balaban J connectivity index is 1.77. The standard InChI is InChI=1S/C19H24N2O3/c1-15(2)21(14-16-8-4-3-5-9-16)18(22)11-6-12-20-19(23)17-10-7-13-24-17/h3-5,7-10,13,15H,6,11-12,14H2,1-2H3,(H,20,23). The maximum atomic E-state index is 12.5. The van der Waals surface area contributed by atoms with Gasteiger partial charge in [-0.25, -0.2) is 0 Å². The van der Waals surface area contributed by atoms with Crippen molar-refractivity contribution in [3.8, 4) is 0 Å². The highest BCUT2D eigenvalue weighted by atomic mass is 16.3. The smallest absolute Gasteiger partial charge is 0.286 e. The fourth-order valence-corrected chi connectivity index (χ4v) is 2.42. The molecule has 0 aliphatic rings. The maximum Gasteiger partial charge on any atom is 0.286 e. The highest BCUT2D eigenvalue weighted by Crippen LogP contribution is 2.11. The van der Waals surface area contributed by atoms with Crippen LogP contribution in [-0.2, 0) is 11.3 Å². The van der Waals surface area contributed by atoms with Gasteiger partial charge in [-0.2, -0.15) is 0 Å². The Labute approximate surface area is 142 Å². The van der Waals surface area contributed by atoms with Gasteiger partial charge in [-0.3, -0.25) is 9.59 Å². The number of furan rings is 1. The Hall–Kier alpha value is -2.56. The summed E-state index contributed by atoms with van der Waals surface area (Å²) in [5, 5.41) is 2.75. The first kappa shape index (κ1) is 17.8. The molecule has 0 aliphatic carbocycles. The average molecular weight is 328 g/mol. The third-order valence-corrected chi connectivity index (χ3v) is 3.74. The third kappa shape index (κ3) is 5.26. The van der Waals surface area contributed by atoms with Gasteiger partial charge in [-0.05, 0) is 38.0 Å². The molecule has 24 heavy (non-hydrogen) atoms. The predicted molar refractivity (Wildman–Crippen MR) is 92.4 cm³/mol. The van der Waals surface area contributed by atoms with Crippen LogP contribution in [0.3, 0.4) is 0 Å². The second kappa shape index (κ2) is 8.91. The minimum absolute atomic E-state index is 0.0982. The van der Waals surface area contributed by atoms with Gasteiger partial charge in [0.1, 0.15) is 0 Å². The van der Waals surface area contributed by atoms with Gasteiger partial charge in [0, 0.05) is 25.6 Å². The van der Waals surface area contributed by atoms with E-state index in [1.165, 1.54) is 6.26 Å². The Kier molecular flexibility index (Phi) is 6.61. The van der Waals surface area contributed by atoms with Crippen molar-refractivity contribution in [2.45, 2.75) is 39.3 Å². The van der Waals surface area contributed by atoms with Crippen LogP contribution in [-0.4, -0.2) is 29.3 Å². The number of amides is 2. The van der Waals surface area contributed by atoms with Gasteiger partial charge >= 0.3 is 0 Å². The van der Waals surface area contributed by atoms with Gasteiger partial charge in [-0.15, -0.1) is 0 Å². The first-order valence-electron chi connectivity index (χ1n) is 8.23. The lowest BCUT2D eigenvalue weighted by molar-refractivity contribution is -0.133. The number of carbonyl (C=O) groups excluding carboxylic acids is 2. The molecule has 0 saturated heterocycles. The number of benzene rings is 1. The van der Waals surface area contributed by atoms with E-state index < -0.39 is 0 Å². The van der Waals surface area contributed by atoms with Gasteiger partial charge in [0.25, 0.3) is 5.91 Å². The van der Waals surface area contributed by atoms with E-state index in [2.05, 4.69) is 5.32 Å². The molecule has 0 atom stereocenters. The zero-order chi connectivity index (χ0) is 17.4. The maximum absolute atomic E-state index is 12.5. The lowest BCUT2D eigenvalue weighted by atomic mass is 10.1. The summed E-state index contributed by atoms with van der Waals surface area (Å²) in [5.74, 6) is 0.132. The van der Waals surface area contributed by atoms with E-state index in [1.54, 1.807) is 12.1 Å². The normalized spacial score (nSPS) is 10.6. The highest BCUT2D eigenvalue weighted by molar-refractivity contribution is 5.91. The SMILES string of the molecule is CC(C)N(Cc1ccccc1)C(=O)CCCNC(=O)c1ccco1. The number of nitrogens with one attached hydrogen (secondary N) is 1. The van der Waals surface area contributed by atoms with Crippen LogP contribution in [0.15, 0.2) is 53.1 Å². The fraction of sp³-hybridized carbons (Fsp3) is 0.368. The van der Waals surface area contributed by atoms with Gasteiger partial charge in [0.05, 0.1) is 6.26 Å². The van der Waals surface area contributed by atoms with E-state index in [-0.39, 0.29) is 23.6 Å². The quantitative estimate of drug-likeness (QED) is 0.757. The Morgan fingerprint density at radius 2 is 1.88 bits per heavy atom. The van der Waals surface area contributed by atoms with Crippen LogP contribution in [0.4, 0.5) is 0 Å². The van der Waals surface area contributed by atoms with Crippen LogP contribution < -0.4 is 5.32 Å². The van der Waals surface area contributed by atoms with Gasteiger partial charge in [0.2, 0.25) is 5.91 Å². The Bertz CT molecular complexity index is 636. The molecule has 128 valence electrons. The van der Waals surface area contributed by atoms with Gasteiger partial charge < -0.3 is 14.6 Å². The summed E-state index contributed by atoms with van der Waals surface area (Å²) < 4.78 is 5.02. The summed E-state index contributed by atoms with van der Waals surface area (Å²) in [5.41, 5.74) is 1.12. The minimum Gasteiger partial charge on any atom is -0.459 e. The molecular weight excluding hydrogens is 304 g/mol. The molecule has 0 fully saturated rings. The molecular formula is C19H24N2O3. The van der Waals surface area contributed by atoms with Crippen LogP contribution in [0.5, 0.6) is 0 Å². The lowest BCUT2D eigenvalue weighted by Gasteiger charge is -2.27. The first-order valence-corrected chi connectivity index (χ1v) is 8.23. The van der Waals surface area contributed by atoms with Crippen molar-refractivity contribution >= 4 is 11.8 Å². The van der Waals surface area contributed by atoms with E-state index in [9.17, 15) is 9.59 Å². The number of hydrogen-bond donors (Lipinski definition) is 1. The van der Waals surface area contributed by atoms with Crippen molar-refractivity contribution in [3.63, 3.8) is 0 Å². The van der Waals surface area contributed by atoms with Crippen molar-refractivity contribution in [1.82, 2.24) is 10.2 Å². The molecule has 0 radical (unpaired) electrons. The molecule has 0 bridgehead atoms. The molecule has 1 heterocycles. The molecule has 2 rings (SSSR count). The van der Waals surface area contributed by atoms with Crippen molar-refractivity contribution < 1.29 is 14.0 Å². The van der Waals surface area contributed by atoms with Crippen LogP contribution in [0, 0.1) is 0 Å². The molecule has 0 spiro atoms. The molecule has 0 saturated carbocycles. The van der Waals surface area contributed by atoms with E-state index in [0.29, 0.717) is 25.9 Å². The van der Waals surface area contributed by atoms with Crippen LogP contribution in [0.2, 0.25) is 0 Å². The van der Waals surface area contributed by atoms with Crippen molar-refractivity contribution in [2.75, 3.05) is 6.54 Å². The van der Waals surface area contributed by atoms with Crippen LogP contribution in [0.25, 0.3) is 0 Å². The van der Waals surface area contributed by atoms with E-state index >= 15 is 0 Å². The van der Waals surface area contributed by atoms with Gasteiger partial charge in [0.15, 0.2) is 5.76 Å². The summed E-state index contributed by atoms with van der Waals surface area (Å²) in [6.07, 6.45) is 2.47. The van der Waals surface area contributed by atoms with Crippen molar-refractivity contribution in [2.24, 2.45) is 0 Å².